The lowest BCUT2D eigenvalue weighted by molar-refractivity contribution is 0.0950. The summed E-state index contributed by atoms with van der Waals surface area (Å²) < 4.78 is 5.18. The molecule has 1 aromatic heterocycles. The molecule has 0 aliphatic heterocycles. The number of benzene rings is 1. The average Bonchev–Trinajstić information content (AvgIpc) is 2.60. The minimum atomic E-state index is -0.230. The third-order valence-electron chi connectivity index (χ3n) is 3.42. The maximum Gasteiger partial charge on any atom is 0.255 e. The Labute approximate surface area is 146 Å². The lowest BCUT2D eigenvalue weighted by atomic mass is 10.1. The van der Waals surface area contributed by atoms with Crippen molar-refractivity contribution in [2.75, 3.05) is 31.2 Å². The summed E-state index contributed by atoms with van der Waals surface area (Å²) in [6.07, 6.45) is 3.50. The van der Waals surface area contributed by atoms with Gasteiger partial charge in [-0.1, -0.05) is 17.7 Å². The summed E-state index contributed by atoms with van der Waals surface area (Å²) in [6.45, 7) is 1.36. The first-order valence-corrected chi connectivity index (χ1v) is 8.05. The van der Waals surface area contributed by atoms with Gasteiger partial charge in [0.2, 0.25) is 0 Å². The molecular weight excluding hydrogens is 328 g/mol. The van der Waals surface area contributed by atoms with Gasteiger partial charge in [-0.2, -0.15) is 0 Å². The third kappa shape index (κ3) is 5.03. The Hall–Kier alpha value is -2.47. The number of hydrogen-bond acceptors (Lipinski definition) is 5. The topological polar surface area (TPSA) is 89.3 Å². The van der Waals surface area contributed by atoms with E-state index in [1.165, 1.54) is 13.2 Å². The molecule has 128 valence electrons. The molecule has 0 unspecified atom stereocenters. The Balaban J connectivity index is 1.74. The second-order valence-corrected chi connectivity index (χ2v) is 5.59. The minimum Gasteiger partial charge on any atom is -0.496 e. The number of unbranched alkanes of at least 4 members (excludes halogenated alkanes) is 1. The van der Waals surface area contributed by atoms with E-state index in [9.17, 15) is 4.79 Å². The van der Waals surface area contributed by atoms with Gasteiger partial charge in [0.05, 0.1) is 23.4 Å². The predicted molar refractivity (Wildman–Crippen MR) is 96.7 cm³/mol. The van der Waals surface area contributed by atoms with Crippen LogP contribution in [-0.4, -0.2) is 31.1 Å². The molecule has 0 fully saturated rings. The van der Waals surface area contributed by atoms with Crippen LogP contribution in [0.5, 0.6) is 5.75 Å². The van der Waals surface area contributed by atoms with Crippen molar-refractivity contribution in [1.29, 1.82) is 0 Å². The fraction of sp³-hybridized carbons (Fsp3) is 0.294. The molecule has 7 heteroatoms. The van der Waals surface area contributed by atoms with Gasteiger partial charge in [-0.25, -0.2) is 4.98 Å². The molecule has 0 radical (unpaired) electrons. The molecule has 0 atom stereocenters. The summed E-state index contributed by atoms with van der Waals surface area (Å²) in [5, 5.41) is 6.41. The molecular formula is C17H21ClN4O2. The van der Waals surface area contributed by atoms with Crippen LogP contribution in [0.2, 0.25) is 5.02 Å². The number of methoxy groups -OCH3 is 1. The zero-order valence-corrected chi connectivity index (χ0v) is 14.3. The zero-order chi connectivity index (χ0) is 17.4. The molecule has 2 rings (SSSR count). The first-order valence-electron chi connectivity index (χ1n) is 7.68. The standard InChI is InChI=1S/C17H21ClN4O2/c1-24-15-11-14(19)13(18)10-12(15)17(23)22-9-5-4-8-21-16-6-2-3-7-20-16/h2-3,6-7,10-11H,4-5,8-9,19H2,1H3,(H,20,21)(H,22,23). The number of anilines is 2. The van der Waals surface area contributed by atoms with Crippen molar-refractivity contribution in [3.8, 4) is 5.75 Å². The van der Waals surface area contributed by atoms with E-state index in [0.717, 1.165) is 25.2 Å². The van der Waals surface area contributed by atoms with E-state index in [4.69, 9.17) is 22.1 Å². The summed E-state index contributed by atoms with van der Waals surface area (Å²) in [5.41, 5.74) is 6.47. The SMILES string of the molecule is COc1cc(N)c(Cl)cc1C(=O)NCCCCNc1ccccn1. The Morgan fingerprint density at radius 1 is 1.29 bits per heavy atom. The summed E-state index contributed by atoms with van der Waals surface area (Å²) in [5.74, 6) is 1.03. The molecule has 0 aliphatic carbocycles. The van der Waals surface area contributed by atoms with E-state index in [2.05, 4.69) is 15.6 Å². The van der Waals surface area contributed by atoms with Crippen LogP contribution >= 0.6 is 11.6 Å². The van der Waals surface area contributed by atoms with Crippen LogP contribution in [-0.2, 0) is 0 Å². The molecule has 0 saturated heterocycles. The van der Waals surface area contributed by atoms with E-state index >= 15 is 0 Å². The van der Waals surface area contributed by atoms with Gasteiger partial charge in [-0.3, -0.25) is 4.79 Å². The third-order valence-corrected chi connectivity index (χ3v) is 3.75. The number of carbonyl (C=O) groups excluding carboxylic acids is 1. The van der Waals surface area contributed by atoms with E-state index < -0.39 is 0 Å². The lowest BCUT2D eigenvalue weighted by Crippen LogP contribution is -2.25. The van der Waals surface area contributed by atoms with E-state index in [1.807, 2.05) is 18.2 Å². The molecule has 6 nitrogen and oxygen atoms in total. The molecule has 24 heavy (non-hydrogen) atoms. The largest absolute Gasteiger partial charge is 0.496 e. The highest BCUT2D eigenvalue weighted by molar-refractivity contribution is 6.33. The molecule has 2 aromatic rings. The van der Waals surface area contributed by atoms with Gasteiger partial charge < -0.3 is 21.1 Å². The summed E-state index contributed by atoms with van der Waals surface area (Å²) in [4.78, 5) is 16.4. The fourth-order valence-electron chi connectivity index (χ4n) is 2.15. The van der Waals surface area contributed by atoms with Crippen LogP contribution in [0, 0.1) is 0 Å². The molecule has 1 heterocycles. The molecule has 0 saturated carbocycles. The molecule has 4 N–H and O–H groups in total. The average molecular weight is 349 g/mol. The first kappa shape index (κ1) is 17.9. The Kier molecular flexibility index (Phi) is 6.69. The van der Waals surface area contributed by atoms with Crippen LogP contribution in [0.4, 0.5) is 11.5 Å². The molecule has 0 spiro atoms. The second kappa shape index (κ2) is 8.98. The molecule has 0 bridgehead atoms. The van der Waals surface area contributed by atoms with Crippen molar-refractivity contribution < 1.29 is 9.53 Å². The number of halogens is 1. The van der Waals surface area contributed by atoms with Crippen LogP contribution in [0.3, 0.4) is 0 Å². The Morgan fingerprint density at radius 3 is 2.79 bits per heavy atom. The minimum absolute atomic E-state index is 0.230. The maximum absolute atomic E-state index is 12.2. The van der Waals surface area contributed by atoms with Crippen LogP contribution in [0.1, 0.15) is 23.2 Å². The number of nitrogen functional groups attached to an aromatic ring is 1. The van der Waals surface area contributed by atoms with Crippen molar-refractivity contribution in [2.45, 2.75) is 12.8 Å². The number of nitrogens with zero attached hydrogens (tertiary/aromatic N) is 1. The molecule has 0 aliphatic rings. The van der Waals surface area contributed by atoms with Crippen LogP contribution < -0.4 is 21.1 Å². The molecule has 1 amide bonds. The zero-order valence-electron chi connectivity index (χ0n) is 13.5. The fourth-order valence-corrected chi connectivity index (χ4v) is 2.31. The van der Waals surface area contributed by atoms with Crippen LogP contribution in [0.15, 0.2) is 36.5 Å². The predicted octanol–water partition coefficient (Wildman–Crippen LogP) is 2.95. The van der Waals surface area contributed by atoms with Gasteiger partial charge in [0, 0.05) is 25.4 Å². The number of pyridine rings is 1. The van der Waals surface area contributed by atoms with Crippen molar-refractivity contribution in [1.82, 2.24) is 10.3 Å². The van der Waals surface area contributed by atoms with E-state index in [0.29, 0.717) is 28.6 Å². The Bertz CT molecular complexity index is 680. The normalized spacial score (nSPS) is 10.2. The molecule has 1 aromatic carbocycles. The van der Waals surface area contributed by atoms with Gasteiger partial charge in [0.1, 0.15) is 11.6 Å². The number of carbonyl (C=O) groups is 1. The summed E-state index contributed by atoms with van der Waals surface area (Å²) in [7, 11) is 1.49. The highest BCUT2D eigenvalue weighted by atomic mass is 35.5. The van der Waals surface area contributed by atoms with Crippen LogP contribution in [0.25, 0.3) is 0 Å². The van der Waals surface area contributed by atoms with Gasteiger partial charge in [-0.15, -0.1) is 0 Å². The number of hydrogen-bond donors (Lipinski definition) is 3. The quantitative estimate of drug-likeness (QED) is 0.504. The number of aromatic nitrogens is 1. The number of amides is 1. The highest BCUT2D eigenvalue weighted by Crippen LogP contribution is 2.28. The van der Waals surface area contributed by atoms with Crippen molar-refractivity contribution in [2.24, 2.45) is 0 Å². The number of nitrogens with one attached hydrogen (secondary N) is 2. The Morgan fingerprint density at radius 2 is 2.08 bits per heavy atom. The second-order valence-electron chi connectivity index (χ2n) is 5.18. The van der Waals surface area contributed by atoms with Gasteiger partial charge in [-0.05, 0) is 31.0 Å². The van der Waals surface area contributed by atoms with Crippen molar-refractivity contribution in [3.05, 3.63) is 47.1 Å². The highest BCUT2D eigenvalue weighted by Gasteiger charge is 2.14. The van der Waals surface area contributed by atoms with Crippen molar-refractivity contribution >= 4 is 29.0 Å². The maximum atomic E-state index is 12.2. The number of rotatable bonds is 8. The summed E-state index contributed by atoms with van der Waals surface area (Å²) >= 11 is 5.97. The first-order chi connectivity index (χ1) is 11.6. The number of nitrogens with two attached hydrogens (primary N) is 1. The summed E-state index contributed by atoms with van der Waals surface area (Å²) in [6, 6.07) is 8.79. The van der Waals surface area contributed by atoms with E-state index in [-0.39, 0.29) is 5.91 Å². The lowest BCUT2D eigenvalue weighted by Gasteiger charge is -2.11. The van der Waals surface area contributed by atoms with Crippen molar-refractivity contribution in [3.63, 3.8) is 0 Å². The smallest absolute Gasteiger partial charge is 0.255 e. The monoisotopic (exact) mass is 348 g/mol. The van der Waals surface area contributed by atoms with Gasteiger partial charge in [0.15, 0.2) is 0 Å². The number of ether oxygens (including phenoxy) is 1. The van der Waals surface area contributed by atoms with E-state index in [1.54, 1.807) is 12.3 Å². The van der Waals surface area contributed by atoms with Gasteiger partial charge >= 0.3 is 0 Å². The van der Waals surface area contributed by atoms with Gasteiger partial charge in [0.25, 0.3) is 5.91 Å².